The van der Waals surface area contributed by atoms with Gasteiger partial charge in [0, 0.05) is 43.3 Å². The first-order valence-corrected chi connectivity index (χ1v) is 13.7. The number of ketones is 1. The standard InChI is InChI=1S/C34H39NO5/c1-4-32(36)26-40-33-21-19-31(20-22-33)35(30-17-13-28(14-18-30)23-25-39-34(37)5-2)29-15-11-27(12-16-29)10-8-6-7-9-24-38-3/h4-5,11-22H,1-2,6-10,23-26H2,3H3. The average Bonchev–Trinajstić information content (AvgIpc) is 2.99. The zero-order chi connectivity index (χ0) is 28.6. The summed E-state index contributed by atoms with van der Waals surface area (Å²) in [5.41, 5.74) is 5.37. The molecule has 0 saturated heterocycles. The number of anilines is 3. The van der Waals surface area contributed by atoms with E-state index >= 15 is 0 Å². The van der Waals surface area contributed by atoms with Gasteiger partial charge in [-0.15, -0.1) is 0 Å². The Balaban J connectivity index is 1.76. The van der Waals surface area contributed by atoms with Crippen LogP contribution in [0.25, 0.3) is 0 Å². The van der Waals surface area contributed by atoms with Gasteiger partial charge in [0.2, 0.25) is 0 Å². The maximum Gasteiger partial charge on any atom is 0.330 e. The third-order valence-corrected chi connectivity index (χ3v) is 6.46. The summed E-state index contributed by atoms with van der Waals surface area (Å²) in [7, 11) is 1.75. The summed E-state index contributed by atoms with van der Waals surface area (Å²) >= 11 is 0. The number of carbonyl (C=O) groups excluding carboxylic acids is 2. The maximum absolute atomic E-state index is 11.5. The predicted molar refractivity (Wildman–Crippen MR) is 161 cm³/mol. The van der Waals surface area contributed by atoms with Gasteiger partial charge in [0.25, 0.3) is 0 Å². The van der Waals surface area contributed by atoms with E-state index in [2.05, 4.69) is 54.5 Å². The number of aryl methyl sites for hydroxylation is 1. The summed E-state index contributed by atoms with van der Waals surface area (Å²) in [5, 5.41) is 0. The Labute approximate surface area is 237 Å². The Kier molecular flexibility index (Phi) is 12.7. The zero-order valence-corrected chi connectivity index (χ0v) is 23.3. The fourth-order valence-electron chi connectivity index (χ4n) is 4.23. The van der Waals surface area contributed by atoms with Crippen LogP contribution in [0.5, 0.6) is 5.75 Å². The molecule has 3 aromatic carbocycles. The fourth-order valence-corrected chi connectivity index (χ4v) is 4.23. The Morgan fingerprint density at radius 2 is 1.25 bits per heavy atom. The van der Waals surface area contributed by atoms with Crippen LogP contribution >= 0.6 is 0 Å². The number of rotatable bonds is 18. The molecule has 0 aromatic heterocycles. The molecule has 0 radical (unpaired) electrons. The first kappa shape index (κ1) is 30.4. The number of nitrogens with zero attached hydrogens (tertiary/aromatic N) is 1. The molecule has 3 aromatic rings. The van der Waals surface area contributed by atoms with Crippen LogP contribution in [0.15, 0.2) is 98.1 Å². The predicted octanol–water partition coefficient (Wildman–Crippen LogP) is 7.31. The molecule has 0 spiro atoms. The van der Waals surface area contributed by atoms with Crippen molar-refractivity contribution in [2.45, 2.75) is 38.5 Å². The van der Waals surface area contributed by atoms with Crippen LogP contribution in [0.1, 0.15) is 36.8 Å². The number of esters is 1. The van der Waals surface area contributed by atoms with Crippen molar-refractivity contribution in [3.63, 3.8) is 0 Å². The quantitative estimate of drug-likeness (QED) is 0.0956. The van der Waals surface area contributed by atoms with E-state index in [1.165, 1.54) is 30.6 Å². The summed E-state index contributed by atoms with van der Waals surface area (Å²) in [6, 6.07) is 24.6. The third-order valence-electron chi connectivity index (χ3n) is 6.46. The van der Waals surface area contributed by atoms with Gasteiger partial charge < -0.3 is 19.1 Å². The molecule has 0 bridgehead atoms. The molecule has 0 aliphatic heterocycles. The molecule has 40 heavy (non-hydrogen) atoms. The van der Waals surface area contributed by atoms with Crippen LogP contribution in [0.2, 0.25) is 0 Å². The lowest BCUT2D eigenvalue weighted by atomic mass is 10.0. The summed E-state index contributed by atoms with van der Waals surface area (Å²) in [4.78, 5) is 25.0. The molecular formula is C34H39NO5. The number of methoxy groups -OCH3 is 1. The van der Waals surface area contributed by atoms with E-state index in [0.717, 1.165) is 48.5 Å². The Hall–Kier alpha value is -4.16. The van der Waals surface area contributed by atoms with Gasteiger partial charge in [-0.25, -0.2) is 4.79 Å². The topological polar surface area (TPSA) is 65.1 Å². The molecule has 0 heterocycles. The highest BCUT2D eigenvalue weighted by molar-refractivity contribution is 5.90. The van der Waals surface area contributed by atoms with Crippen molar-refractivity contribution >= 4 is 28.8 Å². The highest BCUT2D eigenvalue weighted by Gasteiger charge is 2.13. The van der Waals surface area contributed by atoms with Crippen LogP contribution in [-0.2, 0) is 31.9 Å². The number of hydrogen-bond acceptors (Lipinski definition) is 6. The van der Waals surface area contributed by atoms with Crippen molar-refractivity contribution in [3.8, 4) is 5.75 Å². The number of carbonyl (C=O) groups is 2. The highest BCUT2D eigenvalue weighted by Crippen LogP contribution is 2.35. The first-order valence-electron chi connectivity index (χ1n) is 13.7. The smallest absolute Gasteiger partial charge is 0.330 e. The van der Waals surface area contributed by atoms with Gasteiger partial charge in [-0.05, 0) is 85.0 Å². The van der Waals surface area contributed by atoms with E-state index in [1.54, 1.807) is 7.11 Å². The van der Waals surface area contributed by atoms with E-state index in [0.29, 0.717) is 18.8 Å². The summed E-state index contributed by atoms with van der Waals surface area (Å²) in [6.07, 6.45) is 8.75. The summed E-state index contributed by atoms with van der Waals surface area (Å²) in [6.45, 7) is 8.00. The molecule has 0 amide bonds. The lowest BCUT2D eigenvalue weighted by Gasteiger charge is -2.26. The second kappa shape index (κ2) is 16.7. The third kappa shape index (κ3) is 9.86. The molecule has 0 aliphatic rings. The lowest BCUT2D eigenvalue weighted by Crippen LogP contribution is -2.11. The summed E-state index contributed by atoms with van der Waals surface area (Å²) in [5.74, 6) is 0.0305. The lowest BCUT2D eigenvalue weighted by molar-refractivity contribution is -0.137. The van der Waals surface area contributed by atoms with Crippen LogP contribution in [0.4, 0.5) is 17.1 Å². The van der Waals surface area contributed by atoms with Crippen molar-refractivity contribution in [1.82, 2.24) is 0 Å². The average molecular weight is 542 g/mol. The highest BCUT2D eigenvalue weighted by atomic mass is 16.5. The first-order chi connectivity index (χ1) is 19.5. The zero-order valence-electron chi connectivity index (χ0n) is 23.3. The minimum atomic E-state index is -0.418. The van der Waals surface area contributed by atoms with Gasteiger partial charge in [0.1, 0.15) is 5.75 Å². The van der Waals surface area contributed by atoms with E-state index in [-0.39, 0.29) is 12.4 Å². The Morgan fingerprint density at radius 3 is 1.80 bits per heavy atom. The molecule has 6 nitrogen and oxygen atoms in total. The molecule has 0 unspecified atom stereocenters. The van der Waals surface area contributed by atoms with Crippen LogP contribution in [-0.4, -0.2) is 38.7 Å². The second-order valence-corrected chi connectivity index (χ2v) is 9.40. The van der Waals surface area contributed by atoms with Crippen molar-refractivity contribution in [3.05, 3.63) is 109 Å². The maximum atomic E-state index is 11.5. The largest absolute Gasteiger partial charge is 0.485 e. The molecule has 6 heteroatoms. The van der Waals surface area contributed by atoms with Crippen LogP contribution in [0.3, 0.4) is 0 Å². The van der Waals surface area contributed by atoms with E-state index in [9.17, 15) is 9.59 Å². The van der Waals surface area contributed by atoms with Crippen LogP contribution < -0.4 is 9.64 Å². The van der Waals surface area contributed by atoms with E-state index in [4.69, 9.17) is 14.2 Å². The SMILES string of the molecule is C=CC(=O)COc1ccc(N(c2ccc(CCCCCCOC)cc2)c2ccc(CCOC(=O)C=C)cc2)cc1. The monoisotopic (exact) mass is 541 g/mol. The molecule has 3 rings (SSSR count). The van der Waals surface area contributed by atoms with Gasteiger partial charge in [0.05, 0.1) is 6.61 Å². The van der Waals surface area contributed by atoms with Crippen molar-refractivity contribution < 1.29 is 23.8 Å². The molecular weight excluding hydrogens is 502 g/mol. The number of benzene rings is 3. The van der Waals surface area contributed by atoms with Gasteiger partial charge in [-0.1, -0.05) is 50.3 Å². The molecule has 0 N–H and O–H groups in total. The van der Waals surface area contributed by atoms with Crippen molar-refractivity contribution in [2.24, 2.45) is 0 Å². The van der Waals surface area contributed by atoms with Crippen molar-refractivity contribution in [1.29, 1.82) is 0 Å². The summed E-state index contributed by atoms with van der Waals surface area (Å²) < 4.78 is 15.8. The Bertz CT molecular complexity index is 1220. The van der Waals surface area contributed by atoms with E-state index < -0.39 is 5.97 Å². The molecule has 0 aliphatic carbocycles. The normalized spacial score (nSPS) is 10.5. The van der Waals surface area contributed by atoms with Gasteiger partial charge >= 0.3 is 5.97 Å². The number of hydrogen-bond donors (Lipinski definition) is 0. The molecule has 210 valence electrons. The van der Waals surface area contributed by atoms with Gasteiger partial charge in [-0.2, -0.15) is 0 Å². The van der Waals surface area contributed by atoms with Crippen molar-refractivity contribution in [2.75, 3.05) is 31.8 Å². The second-order valence-electron chi connectivity index (χ2n) is 9.40. The van der Waals surface area contributed by atoms with Gasteiger partial charge in [0.15, 0.2) is 12.4 Å². The minimum Gasteiger partial charge on any atom is -0.485 e. The number of ether oxygens (including phenoxy) is 3. The fraction of sp³-hybridized carbons (Fsp3) is 0.294. The Morgan fingerprint density at radius 1 is 0.700 bits per heavy atom. The molecule has 0 fully saturated rings. The molecule has 0 atom stereocenters. The molecule has 0 saturated carbocycles. The minimum absolute atomic E-state index is 0.0377. The van der Waals surface area contributed by atoms with Gasteiger partial charge in [-0.3, -0.25) is 4.79 Å². The number of unbranched alkanes of at least 4 members (excludes halogenated alkanes) is 3. The van der Waals surface area contributed by atoms with E-state index in [1.807, 2.05) is 36.4 Å². The van der Waals surface area contributed by atoms with Crippen LogP contribution in [0, 0.1) is 0 Å².